The average Bonchev–Trinajstić information content (AvgIpc) is 2.91. The third-order valence-electron chi connectivity index (χ3n) is 3.31. The van der Waals surface area contributed by atoms with Crippen LogP contribution in [0.25, 0.3) is 21.3 Å². The molecule has 0 saturated heterocycles. The monoisotopic (exact) mass is 283 g/mol. The quantitative estimate of drug-likeness (QED) is 0.782. The van der Waals surface area contributed by atoms with E-state index in [0.29, 0.717) is 4.88 Å². The van der Waals surface area contributed by atoms with E-state index in [0.717, 1.165) is 27.8 Å². The van der Waals surface area contributed by atoms with Crippen LogP contribution in [0.4, 0.5) is 0 Å². The molecule has 2 heterocycles. The van der Waals surface area contributed by atoms with Gasteiger partial charge in [-0.3, -0.25) is 4.98 Å². The Morgan fingerprint density at radius 2 is 2.05 bits per heavy atom. The number of hydrogen-bond acceptors (Lipinski definition) is 3. The molecule has 0 fully saturated rings. The molecule has 0 aliphatic rings. The van der Waals surface area contributed by atoms with E-state index >= 15 is 0 Å². The lowest BCUT2D eigenvalue weighted by molar-refractivity contribution is 0.0702. The van der Waals surface area contributed by atoms with Crippen molar-refractivity contribution in [2.24, 2.45) is 0 Å². The van der Waals surface area contributed by atoms with Gasteiger partial charge in [0.15, 0.2) is 0 Å². The van der Waals surface area contributed by atoms with Gasteiger partial charge in [0.1, 0.15) is 4.88 Å². The minimum Gasteiger partial charge on any atom is -0.477 e. The maximum atomic E-state index is 11.1. The average molecular weight is 283 g/mol. The Balaban J connectivity index is 2.28. The molecule has 0 radical (unpaired) electrons. The summed E-state index contributed by atoms with van der Waals surface area (Å²) in [5.41, 5.74) is 4.22. The van der Waals surface area contributed by atoms with Gasteiger partial charge in [0.25, 0.3) is 0 Å². The number of aryl methyl sites for hydroxylation is 1. The molecule has 1 N–H and O–H groups in total. The second-order valence-electron chi connectivity index (χ2n) is 4.50. The zero-order valence-electron chi connectivity index (χ0n) is 11.0. The van der Waals surface area contributed by atoms with E-state index in [9.17, 15) is 4.79 Å². The van der Waals surface area contributed by atoms with Crippen LogP contribution < -0.4 is 0 Å². The fraction of sp³-hybridized carbons (Fsp3) is 0.125. The summed E-state index contributed by atoms with van der Waals surface area (Å²) in [6.07, 6.45) is 2.68. The minimum absolute atomic E-state index is 0.328. The Morgan fingerprint density at radius 1 is 1.25 bits per heavy atom. The van der Waals surface area contributed by atoms with Crippen LogP contribution in [0.2, 0.25) is 0 Å². The molecule has 0 aliphatic carbocycles. The number of pyridine rings is 1. The van der Waals surface area contributed by atoms with E-state index in [1.807, 2.05) is 18.2 Å². The molecule has 0 spiro atoms. The fourth-order valence-corrected chi connectivity index (χ4v) is 3.33. The van der Waals surface area contributed by atoms with E-state index in [-0.39, 0.29) is 0 Å². The molecule has 1 aromatic carbocycles. The van der Waals surface area contributed by atoms with Gasteiger partial charge >= 0.3 is 5.97 Å². The summed E-state index contributed by atoms with van der Waals surface area (Å²) >= 11 is 1.28. The summed E-state index contributed by atoms with van der Waals surface area (Å²) in [5, 5.41) is 9.13. The van der Waals surface area contributed by atoms with Crippen molar-refractivity contribution in [3.05, 3.63) is 53.0 Å². The molecule has 0 saturated carbocycles. The van der Waals surface area contributed by atoms with Crippen LogP contribution in [0.1, 0.15) is 22.2 Å². The molecule has 3 nitrogen and oxygen atoms in total. The van der Waals surface area contributed by atoms with Gasteiger partial charge in [0, 0.05) is 11.8 Å². The van der Waals surface area contributed by atoms with Gasteiger partial charge in [0.05, 0.1) is 10.2 Å². The molecule has 0 unspecified atom stereocenters. The summed E-state index contributed by atoms with van der Waals surface area (Å²) in [6.45, 7) is 2.12. The lowest BCUT2D eigenvalue weighted by Crippen LogP contribution is -1.89. The van der Waals surface area contributed by atoms with Crippen molar-refractivity contribution in [2.75, 3.05) is 0 Å². The van der Waals surface area contributed by atoms with Crippen LogP contribution in [0.5, 0.6) is 0 Å². The van der Waals surface area contributed by atoms with Crippen LogP contribution in [-0.4, -0.2) is 16.1 Å². The number of carbonyl (C=O) groups is 1. The van der Waals surface area contributed by atoms with E-state index < -0.39 is 5.97 Å². The molecule has 0 bridgehead atoms. The zero-order chi connectivity index (χ0) is 14.1. The molecule has 0 atom stereocenters. The number of nitrogens with zero attached hydrogens (tertiary/aromatic N) is 1. The van der Waals surface area contributed by atoms with Gasteiger partial charge in [0.2, 0.25) is 0 Å². The SMILES string of the molecule is CCc1ccccc1-c1ccnc2cc(C(=O)O)sc12. The molecule has 0 aliphatic heterocycles. The number of hydrogen-bond donors (Lipinski definition) is 1. The second-order valence-corrected chi connectivity index (χ2v) is 5.55. The van der Waals surface area contributed by atoms with Crippen molar-refractivity contribution in [3.8, 4) is 11.1 Å². The number of aromatic nitrogens is 1. The zero-order valence-corrected chi connectivity index (χ0v) is 11.8. The number of aromatic carboxylic acids is 1. The fourth-order valence-electron chi connectivity index (χ4n) is 2.35. The molecule has 4 heteroatoms. The van der Waals surface area contributed by atoms with E-state index in [1.54, 1.807) is 12.3 Å². The Labute approximate surface area is 120 Å². The number of rotatable bonds is 3. The number of thiophene rings is 1. The summed E-state index contributed by atoms with van der Waals surface area (Å²) < 4.78 is 0.936. The van der Waals surface area contributed by atoms with Gasteiger partial charge in [-0.15, -0.1) is 11.3 Å². The van der Waals surface area contributed by atoms with E-state index in [2.05, 4.69) is 24.0 Å². The summed E-state index contributed by atoms with van der Waals surface area (Å²) in [7, 11) is 0. The smallest absolute Gasteiger partial charge is 0.345 e. The Bertz CT molecular complexity index is 792. The largest absolute Gasteiger partial charge is 0.477 e. The number of carboxylic acids is 1. The summed E-state index contributed by atoms with van der Waals surface area (Å²) in [4.78, 5) is 15.7. The van der Waals surface area contributed by atoms with E-state index in [4.69, 9.17) is 5.11 Å². The first kappa shape index (κ1) is 12.8. The predicted molar refractivity (Wildman–Crippen MR) is 81.4 cm³/mol. The first-order valence-electron chi connectivity index (χ1n) is 6.41. The lowest BCUT2D eigenvalue weighted by Gasteiger charge is -2.08. The van der Waals surface area contributed by atoms with Gasteiger partial charge in [-0.25, -0.2) is 4.79 Å². The third kappa shape index (κ3) is 2.08. The van der Waals surface area contributed by atoms with Crippen molar-refractivity contribution in [1.29, 1.82) is 0 Å². The normalized spacial score (nSPS) is 10.8. The van der Waals surface area contributed by atoms with Crippen LogP contribution >= 0.6 is 11.3 Å². The highest BCUT2D eigenvalue weighted by Crippen LogP contribution is 2.35. The molecular weight excluding hydrogens is 270 g/mol. The summed E-state index contributed by atoms with van der Waals surface area (Å²) in [5.74, 6) is -0.900. The topological polar surface area (TPSA) is 50.2 Å². The molecular formula is C16H13NO2S. The Hall–Kier alpha value is -2.20. The number of carboxylic acid groups (broad SMARTS) is 1. The van der Waals surface area contributed by atoms with Crippen LogP contribution in [0.3, 0.4) is 0 Å². The number of benzene rings is 1. The standard InChI is InChI=1S/C16H13NO2S/c1-2-10-5-3-4-6-11(10)12-7-8-17-13-9-14(16(18)19)20-15(12)13/h3-9H,2H2,1H3,(H,18,19). The highest BCUT2D eigenvalue weighted by molar-refractivity contribution is 7.21. The first-order valence-corrected chi connectivity index (χ1v) is 7.22. The second kappa shape index (κ2) is 5.06. The van der Waals surface area contributed by atoms with Crippen molar-refractivity contribution < 1.29 is 9.90 Å². The van der Waals surface area contributed by atoms with Crippen molar-refractivity contribution in [1.82, 2.24) is 4.98 Å². The predicted octanol–water partition coefficient (Wildman–Crippen LogP) is 4.22. The van der Waals surface area contributed by atoms with Gasteiger partial charge in [-0.1, -0.05) is 31.2 Å². The van der Waals surface area contributed by atoms with Crippen LogP contribution in [0, 0.1) is 0 Å². The number of fused-ring (bicyclic) bond motifs is 1. The van der Waals surface area contributed by atoms with Crippen molar-refractivity contribution in [2.45, 2.75) is 13.3 Å². The lowest BCUT2D eigenvalue weighted by atomic mass is 9.99. The van der Waals surface area contributed by atoms with Crippen LogP contribution in [-0.2, 0) is 6.42 Å². The first-order chi connectivity index (χ1) is 9.70. The molecule has 20 heavy (non-hydrogen) atoms. The highest BCUT2D eigenvalue weighted by atomic mass is 32.1. The Kier molecular flexibility index (Phi) is 3.24. The molecule has 0 amide bonds. The third-order valence-corrected chi connectivity index (χ3v) is 4.46. The van der Waals surface area contributed by atoms with Crippen LogP contribution in [0.15, 0.2) is 42.6 Å². The minimum atomic E-state index is -0.900. The van der Waals surface area contributed by atoms with Gasteiger partial charge in [-0.05, 0) is 29.7 Å². The molecule has 3 aromatic rings. The van der Waals surface area contributed by atoms with Gasteiger partial charge < -0.3 is 5.11 Å². The molecule has 2 aromatic heterocycles. The maximum Gasteiger partial charge on any atom is 0.345 e. The molecule has 3 rings (SSSR count). The highest BCUT2D eigenvalue weighted by Gasteiger charge is 2.14. The Morgan fingerprint density at radius 3 is 2.80 bits per heavy atom. The van der Waals surface area contributed by atoms with E-state index in [1.165, 1.54) is 16.9 Å². The van der Waals surface area contributed by atoms with Crippen molar-refractivity contribution >= 4 is 27.5 Å². The van der Waals surface area contributed by atoms with Crippen molar-refractivity contribution in [3.63, 3.8) is 0 Å². The molecule has 100 valence electrons. The summed E-state index contributed by atoms with van der Waals surface area (Å²) in [6, 6.07) is 11.8. The van der Waals surface area contributed by atoms with Gasteiger partial charge in [-0.2, -0.15) is 0 Å². The maximum absolute atomic E-state index is 11.1.